The summed E-state index contributed by atoms with van der Waals surface area (Å²) >= 11 is 0. The molecule has 6 nitrogen and oxygen atoms in total. The number of ether oxygens (including phenoxy) is 3. The molecule has 0 heterocycles. The topological polar surface area (TPSA) is 78.9 Å². The van der Waals surface area contributed by atoms with Gasteiger partial charge in [-0.2, -0.15) is 0 Å². The van der Waals surface area contributed by atoms with Crippen LogP contribution in [0.1, 0.15) is 220 Å². The van der Waals surface area contributed by atoms with E-state index in [1.54, 1.807) is 0 Å². The summed E-state index contributed by atoms with van der Waals surface area (Å²) < 4.78 is 16.7. The van der Waals surface area contributed by atoms with Crippen LogP contribution in [0.3, 0.4) is 0 Å². The fourth-order valence-electron chi connectivity index (χ4n) is 6.97. The number of carbonyl (C=O) groups excluding carboxylic acids is 3. The lowest BCUT2D eigenvalue weighted by Crippen LogP contribution is -2.30. The highest BCUT2D eigenvalue weighted by Gasteiger charge is 2.19. The van der Waals surface area contributed by atoms with E-state index in [0.29, 0.717) is 19.3 Å². The molecule has 0 radical (unpaired) electrons. The summed E-state index contributed by atoms with van der Waals surface area (Å²) in [5.74, 6) is -1.02. The number of unbranched alkanes of at least 4 members (excludes halogenated alkanes) is 23. The molecule has 0 N–H and O–H groups in total. The third-order valence-corrected chi connectivity index (χ3v) is 10.9. The van der Waals surface area contributed by atoms with Gasteiger partial charge in [-0.15, -0.1) is 0 Å². The second-order valence-electron chi connectivity index (χ2n) is 17.3. The van der Waals surface area contributed by atoms with Crippen LogP contribution in [0.2, 0.25) is 0 Å². The van der Waals surface area contributed by atoms with Crippen molar-refractivity contribution in [1.82, 2.24) is 0 Å². The highest BCUT2D eigenvalue weighted by Crippen LogP contribution is 2.15. The lowest BCUT2D eigenvalue weighted by Gasteiger charge is -2.18. The second kappa shape index (κ2) is 53.4. The predicted molar refractivity (Wildman–Crippen MR) is 283 cm³/mol. The summed E-state index contributed by atoms with van der Waals surface area (Å²) in [5, 5.41) is 0. The summed E-state index contributed by atoms with van der Waals surface area (Å²) in [6.07, 6.45) is 73.3. The Bertz CT molecular complexity index is 1420. The van der Waals surface area contributed by atoms with Crippen LogP contribution in [-0.4, -0.2) is 37.2 Å². The Morgan fingerprint density at radius 2 is 0.636 bits per heavy atom. The first-order valence-corrected chi connectivity index (χ1v) is 26.7. The van der Waals surface area contributed by atoms with E-state index in [-0.39, 0.29) is 37.5 Å². The normalized spacial score (nSPS) is 13.1. The van der Waals surface area contributed by atoms with Gasteiger partial charge in [0, 0.05) is 19.3 Å². The van der Waals surface area contributed by atoms with Gasteiger partial charge in [0.25, 0.3) is 0 Å². The minimum absolute atomic E-state index is 0.116. The summed E-state index contributed by atoms with van der Waals surface area (Å²) in [6, 6.07) is 0. The standard InChI is InChI=1S/C60H96O6/c1-4-7-10-13-16-19-22-25-27-29-31-32-35-38-41-44-47-50-53-59(62)65-56-57(55-64-58(61)52-49-46-43-40-37-34-24-21-18-15-12-9-6-3)66-60(63)54-51-48-45-42-39-36-33-30-28-26-23-20-17-14-11-8-5-2/h9-10,12-13,15-16,18-19,21-22,24-25,27,29,31-32,34,37,40,43,57H,4-8,11,14,17,20,23,26,28,30,33,35-36,38-39,41-42,44-56H2,1-3H3/b12-9+,13-10+,18-15+,19-16+,24-21+,25-22+,29-27+,32-31+,37-34+,43-40+. The molecule has 372 valence electrons. The maximum Gasteiger partial charge on any atom is 0.306 e. The molecule has 0 saturated heterocycles. The van der Waals surface area contributed by atoms with Crippen molar-refractivity contribution < 1.29 is 28.6 Å². The van der Waals surface area contributed by atoms with E-state index in [1.165, 1.54) is 96.3 Å². The van der Waals surface area contributed by atoms with E-state index in [9.17, 15) is 14.4 Å². The van der Waals surface area contributed by atoms with Crippen molar-refractivity contribution in [3.8, 4) is 0 Å². The van der Waals surface area contributed by atoms with Crippen LogP contribution in [0.5, 0.6) is 0 Å². The average molecular weight is 913 g/mol. The van der Waals surface area contributed by atoms with Crippen molar-refractivity contribution in [2.24, 2.45) is 0 Å². The number of esters is 3. The van der Waals surface area contributed by atoms with E-state index >= 15 is 0 Å². The molecular formula is C60H96O6. The van der Waals surface area contributed by atoms with Gasteiger partial charge < -0.3 is 14.2 Å². The summed E-state index contributed by atoms with van der Waals surface area (Å²) in [5.41, 5.74) is 0. The van der Waals surface area contributed by atoms with Crippen LogP contribution in [0.4, 0.5) is 0 Å². The molecule has 0 rings (SSSR count). The highest BCUT2D eigenvalue weighted by atomic mass is 16.6. The van der Waals surface area contributed by atoms with Crippen molar-refractivity contribution in [1.29, 1.82) is 0 Å². The molecule has 0 aromatic heterocycles. The minimum atomic E-state index is -0.819. The summed E-state index contributed by atoms with van der Waals surface area (Å²) in [4.78, 5) is 38.0. The Morgan fingerprint density at radius 1 is 0.318 bits per heavy atom. The molecule has 0 aliphatic carbocycles. The zero-order chi connectivity index (χ0) is 47.9. The number of carbonyl (C=O) groups is 3. The lowest BCUT2D eigenvalue weighted by molar-refractivity contribution is -0.167. The molecule has 0 aliphatic rings. The Hall–Kier alpha value is -4.19. The maximum absolute atomic E-state index is 12.8. The molecule has 0 aromatic carbocycles. The van der Waals surface area contributed by atoms with Crippen LogP contribution >= 0.6 is 0 Å². The van der Waals surface area contributed by atoms with E-state index in [1.807, 2.05) is 91.1 Å². The molecule has 0 saturated carbocycles. The van der Waals surface area contributed by atoms with Crippen molar-refractivity contribution in [3.63, 3.8) is 0 Å². The molecule has 0 aromatic rings. The molecule has 1 unspecified atom stereocenters. The lowest BCUT2D eigenvalue weighted by atomic mass is 10.0. The number of hydrogen-bond donors (Lipinski definition) is 0. The molecule has 0 fully saturated rings. The maximum atomic E-state index is 12.8. The van der Waals surface area contributed by atoms with E-state index in [4.69, 9.17) is 14.2 Å². The van der Waals surface area contributed by atoms with Gasteiger partial charge in [0.05, 0.1) is 0 Å². The van der Waals surface area contributed by atoms with Gasteiger partial charge in [-0.1, -0.05) is 271 Å². The smallest absolute Gasteiger partial charge is 0.306 e. The largest absolute Gasteiger partial charge is 0.462 e. The van der Waals surface area contributed by atoms with Gasteiger partial charge in [0.1, 0.15) is 13.2 Å². The fourth-order valence-corrected chi connectivity index (χ4v) is 6.97. The van der Waals surface area contributed by atoms with Gasteiger partial charge in [-0.3, -0.25) is 14.4 Å². The van der Waals surface area contributed by atoms with Gasteiger partial charge >= 0.3 is 17.9 Å². The monoisotopic (exact) mass is 913 g/mol. The quantitative estimate of drug-likeness (QED) is 0.0262. The number of allylic oxidation sites excluding steroid dienone is 20. The Balaban J connectivity index is 4.52. The van der Waals surface area contributed by atoms with Crippen molar-refractivity contribution >= 4 is 17.9 Å². The molecule has 0 spiro atoms. The van der Waals surface area contributed by atoms with Crippen molar-refractivity contribution in [3.05, 3.63) is 122 Å². The molecule has 66 heavy (non-hydrogen) atoms. The Kier molecular flexibility index (Phi) is 50.0. The second-order valence-corrected chi connectivity index (χ2v) is 17.3. The third kappa shape index (κ3) is 50.8. The van der Waals surface area contributed by atoms with Crippen LogP contribution in [0.15, 0.2) is 122 Å². The van der Waals surface area contributed by atoms with Crippen LogP contribution in [0, 0.1) is 0 Å². The van der Waals surface area contributed by atoms with E-state index in [0.717, 1.165) is 77.0 Å². The van der Waals surface area contributed by atoms with Gasteiger partial charge in [0.15, 0.2) is 6.10 Å². The number of rotatable bonds is 46. The first kappa shape index (κ1) is 61.8. The molecular weight excluding hydrogens is 817 g/mol. The fraction of sp³-hybridized carbons (Fsp3) is 0.617. The van der Waals surface area contributed by atoms with Gasteiger partial charge in [0.2, 0.25) is 0 Å². The SMILES string of the molecule is CC/C=C/C=C/C=C/C=C/C=C/CCCC(=O)OCC(COC(=O)CCCCCCC/C=C/C=C/C=C/C=C/C=C/CCC)OC(=O)CCCCCCCCCCCCCCCCCCC. The van der Waals surface area contributed by atoms with Crippen LogP contribution in [-0.2, 0) is 28.6 Å². The number of hydrogen-bond acceptors (Lipinski definition) is 6. The van der Waals surface area contributed by atoms with Crippen LogP contribution in [0.25, 0.3) is 0 Å². The minimum Gasteiger partial charge on any atom is -0.462 e. The molecule has 0 amide bonds. The zero-order valence-electron chi connectivity index (χ0n) is 42.4. The first-order valence-electron chi connectivity index (χ1n) is 26.7. The van der Waals surface area contributed by atoms with E-state index in [2.05, 4.69) is 51.2 Å². The summed E-state index contributed by atoms with van der Waals surface area (Å²) in [6.45, 7) is 6.32. The highest BCUT2D eigenvalue weighted by molar-refractivity contribution is 5.71. The molecule has 0 bridgehead atoms. The van der Waals surface area contributed by atoms with Crippen molar-refractivity contribution in [2.45, 2.75) is 226 Å². The van der Waals surface area contributed by atoms with Gasteiger partial charge in [-0.25, -0.2) is 0 Å². The van der Waals surface area contributed by atoms with Gasteiger partial charge in [-0.05, 0) is 51.4 Å². The Morgan fingerprint density at radius 3 is 1.05 bits per heavy atom. The first-order chi connectivity index (χ1) is 32.5. The molecule has 1 atom stereocenters. The summed E-state index contributed by atoms with van der Waals surface area (Å²) in [7, 11) is 0. The van der Waals surface area contributed by atoms with E-state index < -0.39 is 6.10 Å². The molecule has 6 heteroatoms. The van der Waals surface area contributed by atoms with Crippen LogP contribution < -0.4 is 0 Å². The zero-order valence-corrected chi connectivity index (χ0v) is 42.4. The third-order valence-electron chi connectivity index (χ3n) is 10.9. The predicted octanol–water partition coefficient (Wildman–Crippen LogP) is 17.7. The average Bonchev–Trinajstić information content (AvgIpc) is 3.31. The molecule has 0 aliphatic heterocycles. The Labute approximate surface area is 405 Å². The van der Waals surface area contributed by atoms with Crippen molar-refractivity contribution in [2.75, 3.05) is 13.2 Å².